The van der Waals surface area contributed by atoms with Crippen LogP contribution < -0.4 is 15.4 Å². The number of hydrogen-bond acceptors (Lipinski definition) is 5. The second-order valence-corrected chi connectivity index (χ2v) is 6.28. The van der Waals surface area contributed by atoms with E-state index in [0.717, 1.165) is 11.3 Å². The van der Waals surface area contributed by atoms with Gasteiger partial charge in [-0.15, -0.1) is 0 Å². The number of carbonyl (C=O) groups excluding carboxylic acids is 1. The lowest BCUT2D eigenvalue weighted by Crippen LogP contribution is -2.16. The molecule has 0 aliphatic heterocycles. The first-order valence-corrected chi connectivity index (χ1v) is 8.75. The fraction of sp³-hybridized carbons (Fsp3) is 0.190. The molecule has 0 fully saturated rings. The Morgan fingerprint density at radius 2 is 1.96 bits per heavy atom. The van der Waals surface area contributed by atoms with E-state index < -0.39 is 5.91 Å². The fourth-order valence-corrected chi connectivity index (χ4v) is 2.67. The molecule has 1 amide bonds. The van der Waals surface area contributed by atoms with E-state index in [4.69, 9.17) is 4.74 Å². The molecule has 1 heterocycles. The number of methoxy groups -OCH3 is 1. The zero-order valence-electron chi connectivity index (χ0n) is 15.9. The van der Waals surface area contributed by atoms with Gasteiger partial charge in [-0.25, -0.2) is 14.4 Å². The van der Waals surface area contributed by atoms with Gasteiger partial charge in [-0.2, -0.15) is 0 Å². The Morgan fingerprint density at radius 1 is 1.18 bits per heavy atom. The lowest BCUT2D eigenvalue weighted by Gasteiger charge is -2.11. The predicted octanol–water partition coefficient (Wildman–Crippen LogP) is 4.11. The van der Waals surface area contributed by atoms with Crippen molar-refractivity contribution >= 4 is 17.5 Å². The number of aryl methyl sites for hydroxylation is 2. The number of hydrogen-bond donors (Lipinski definition) is 2. The highest BCUT2D eigenvalue weighted by Crippen LogP contribution is 2.19. The molecule has 0 aliphatic rings. The van der Waals surface area contributed by atoms with Crippen molar-refractivity contribution in [3.63, 3.8) is 0 Å². The quantitative estimate of drug-likeness (QED) is 0.673. The van der Waals surface area contributed by atoms with Gasteiger partial charge < -0.3 is 15.4 Å². The van der Waals surface area contributed by atoms with E-state index in [1.54, 1.807) is 33.1 Å². The van der Waals surface area contributed by atoms with Gasteiger partial charge in [-0.3, -0.25) is 4.79 Å². The van der Waals surface area contributed by atoms with Crippen LogP contribution in [0.15, 0.2) is 48.7 Å². The number of amides is 1. The molecule has 144 valence electrons. The molecule has 0 bridgehead atoms. The van der Waals surface area contributed by atoms with Gasteiger partial charge in [0, 0.05) is 24.0 Å². The Kier molecular flexibility index (Phi) is 5.84. The maximum Gasteiger partial charge on any atom is 0.259 e. The van der Waals surface area contributed by atoms with Crippen LogP contribution in [0.25, 0.3) is 0 Å². The summed E-state index contributed by atoms with van der Waals surface area (Å²) < 4.78 is 19.0. The SMILES string of the molecule is COc1ccccc1CNc1ncc(C(=O)Nc2ccc(C)c(F)c2)c(C)n1. The van der Waals surface area contributed by atoms with Crippen molar-refractivity contribution in [2.24, 2.45) is 0 Å². The van der Waals surface area contributed by atoms with E-state index in [1.807, 2.05) is 24.3 Å². The molecular formula is C21H21FN4O2. The normalized spacial score (nSPS) is 10.4. The summed E-state index contributed by atoms with van der Waals surface area (Å²) in [5.74, 6) is 0.410. The van der Waals surface area contributed by atoms with Gasteiger partial charge in [0.15, 0.2) is 0 Å². The lowest BCUT2D eigenvalue weighted by molar-refractivity contribution is 0.102. The molecule has 0 saturated carbocycles. The Balaban J connectivity index is 1.69. The average molecular weight is 380 g/mol. The van der Waals surface area contributed by atoms with Crippen LogP contribution in [0.5, 0.6) is 5.75 Å². The van der Waals surface area contributed by atoms with E-state index in [-0.39, 0.29) is 5.82 Å². The van der Waals surface area contributed by atoms with Crippen molar-refractivity contribution < 1.29 is 13.9 Å². The summed E-state index contributed by atoms with van der Waals surface area (Å²) in [4.78, 5) is 21.0. The van der Waals surface area contributed by atoms with Crippen molar-refractivity contribution in [3.05, 3.63) is 76.9 Å². The van der Waals surface area contributed by atoms with Gasteiger partial charge in [0.25, 0.3) is 5.91 Å². The minimum atomic E-state index is -0.392. The van der Waals surface area contributed by atoms with Crippen LogP contribution in [0, 0.1) is 19.7 Å². The van der Waals surface area contributed by atoms with E-state index in [2.05, 4.69) is 20.6 Å². The molecule has 0 atom stereocenters. The number of ether oxygens (including phenoxy) is 1. The van der Waals surface area contributed by atoms with E-state index in [1.165, 1.54) is 12.3 Å². The third kappa shape index (κ3) is 4.43. The molecule has 3 rings (SSSR count). The number of rotatable bonds is 6. The van der Waals surface area contributed by atoms with E-state index in [0.29, 0.717) is 35.0 Å². The lowest BCUT2D eigenvalue weighted by atomic mass is 10.2. The van der Waals surface area contributed by atoms with Crippen LogP contribution in [-0.4, -0.2) is 23.0 Å². The molecular weight excluding hydrogens is 359 g/mol. The number of aromatic nitrogens is 2. The molecule has 0 radical (unpaired) electrons. The van der Waals surface area contributed by atoms with Crippen molar-refractivity contribution in [3.8, 4) is 5.75 Å². The van der Waals surface area contributed by atoms with Gasteiger partial charge in [0.05, 0.1) is 18.4 Å². The Hall–Kier alpha value is -3.48. The van der Waals surface area contributed by atoms with E-state index in [9.17, 15) is 9.18 Å². The first-order chi connectivity index (χ1) is 13.5. The molecule has 28 heavy (non-hydrogen) atoms. The van der Waals surface area contributed by atoms with Gasteiger partial charge in [0.1, 0.15) is 11.6 Å². The van der Waals surface area contributed by atoms with Gasteiger partial charge in [0.2, 0.25) is 5.95 Å². The second kappa shape index (κ2) is 8.47. The standard InChI is InChI=1S/C21H21FN4O2/c1-13-8-9-16(10-18(13)22)26-20(27)17-12-24-21(25-14(17)2)23-11-15-6-4-5-7-19(15)28-3/h4-10,12H,11H2,1-3H3,(H,26,27)(H,23,24,25). The minimum Gasteiger partial charge on any atom is -0.496 e. The molecule has 2 N–H and O–H groups in total. The Bertz CT molecular complexity index is 1010. The zero-order valence-corrected chi connectivity index (χ0v) is 15.9. The van der Waals surface area contributed by atoms with Crippen molar-refractivity contribution in [1.29, 1.82) is 0 Å². The van der Waals surface area contributed by atoms with Crippen LogP contribution in [0.3, 0.4) is 0 Å². The van der Waals surface area contributed by atoms with Crippen LogP contribution in [0.2, 0.25) is 0 Å². The number of anilines is 2. The third-order valence-electron chi connectivity index (χ3n) is 4.28. The highest BCUT2D eigenvalue weighted by molar-refractivity contribution is 6.04. The zero-order chi connectivity index (χ0) is 20.1. The molecule has 0 aliphatic carbocycles. The molecule has 1 aromatic heterocycles. The minimum absolute atomic E-state index is 0.323. The number of para-hydroxylation sites is 1. The Labute approximate surface area is 162 Å². The maximum absolute atomic E-state index is 13.6. The maximum atomic E-state index is 13.6. The predicted molar refractivity (Wildman–Crippen MR) is 106 cm³/mol. The first kappa shape index (κ1) is 19.3. The van der Waals surface area contributed by atoms with Gasteiger partial charge >= 0.3 is 0 Å². The second-order valence-electron chi connectivity index (χ2n) is 6.28. The highest BCUT2D eigenvalue weighted by Gasteiger charge is 2.13. The summed E-state index contributed by atoms with van der Waals surface area (Å²) >= 11 is 0. The smallest absolute Gasteiger partial charge is 0.259 e. The number of nitrogens with one attached hydrogen (secondary N) is 2. The summed E-state index contributed by atoms with van der Waals surface area (Å²) in [6.45, 7) is 3.87. The number of benzene rings is 2. The summed E-state index contributed by atoms with van der Waals surface area (Å²) in [6, 6.07) is 12.2. The van der Waals surface area contributed by atoms with Crippen LogP contribution in [-0.2, 0) is 6.54 Å². The first-order valence-electron chi connectivity index (χ1n) is 8.75. The van der Waals surface area contributed by atoms with E-state index >= 15 is 0 Å². The molecule has 0 saturated heterocycles. The molecule has 2 aromatic carbocycles. The summed E-state index contributed by atoms with van der Waals surface area (Å²) in [7, 11) is 1.62. The van der Waals surface area contributed by atoms with Crippen LogP contribution in [0.4, 0.5) is 16.0 Å². The van der Waals surface area contributed by atoms with Gasteiger partial charge in [-0.1, -0.05) is 24.3 Å². The van der Waals surface area contributed by atoms with Crippen molar-refractivity contribution in [2.75, 3.05) is 17.7 Å². The van der Waals surface area contributed by atoms with Crippen molar-refractivity contribution in [1.82, 2.24) is 9.97 Å². The monoisotopic (exact) mass is 380 g/mol. The van der Waals surface area contributed by atoms with Gasteiger partial charge in [-0.05, 0) is 37.6 Å². The van der Waals surface area contributed by atoms with Crippen LogP contribution in [0.1, 0.15) is 27.2 Å². The topological polar surface area (TPSA) is 76.1 Å². The van der Waals surface area contributed by atoms with Crippen LogP contribution >= 0.6 is 0 Å². The summed E-state index contributed by atoms with van der Waals surface area (Å²) in [6.07, 6.45) is 1.45. The number of halogens is 1. The fourth-order valence-electron chi connectivity index (χ4n) is 2.67. The molecule has 0 unspecified atom stereocenters. The largest absolute Gasteiger partial charge is 0.496 e. The average Bonchev–Trinajstić information content (AvgIpc) is 2.69. The number of nitrogens with zero attached hydrogens (tertiary/aromatic N) is 2. The Morgan fingerprint density at radius 3 is 2.68 bits per heavy atom. The molecule has 6 nitrogen and oxygen atoms in total. The third-order valence-corrected chi connectivity index (χ3v) is 4.28. The molecule has 3 aromatic rings. The molecule has 0 spiro atoms. The number of carbonyl (C=O) groups is 1. The highest BCUT2D eigenvalue weighted by atomic mass is 19.1. The summed E-state index contributed by atoms with van der Waals surface area (Å²) in [5, 5.41) is 5.79. The van der Waals surface area contributed by atoms with Crippen molar-refractivity contribution in [2.45, 2.75) is 20.4 Å². The molecule has 7 heteroatoms. The summed E-state index contributed by atoms with van der Waals surface area (Å²) in [5.41, 5.74) is 2.70.